The number of ether oxygens (including phenoxy) is 1. The van der Waals surface area contributed by atoms with E-state index in [0.29, 0.717) is 18.1 Å². The molecule has 0 radical (unpaired) electrons. The maximum absolute atomic E-state index is 14.7. The van der Waals surface area contributed by atoms with Gasteiger partial charge in [-0.15, -0.1) is 0 Å². The molecule has 1 heterocycles. The molecule has 0 N–H and O–H groups in total. The Morgan fingerprint density at radius 3 is 2.36 bits per heavy atom. The molecule has 2 aromatic carbocycles. The Bertz CT molecular complexity index is 675. The lowest BCUT2D eigenvalue weighted by molar-refractivity contribution is 0.340. The highest BCUT2D eigenvalue weighted by Gasteiger charge is 2.23. The third kappa shape index (κ3) is 4.52. The molecule has 0 aromatic heterocycles. The van der Waals surface area contributed by atoms with E-state index in [1.54, 1.807) is 6.07 Å². The summed E-state index contributed by atoms with van der Waals surface area (Å²) in [6, 6.07) is 17.9. The quantitative estimate of drug-likeness (QED) is 0.544. The first-order valence-corrected chi connectivity index (χ1v) is 12.2. The molecular formula is C22H29FOSi. The van der Waals surface area contributed by atoms with Crippen molar-refractivity contribution in [3.63, 3.8) is 0 Å². The van der Waals surface area contributed by atoms with E-state index < -0.39 is 8.80 Å². The number of benzene rings is 2. The normalized spacial score (nSPS) is 20.4. The maximum Gasteiger partial charge on any atom is 0.131 e. The second-order valence-corrected chi connectivity index (χ2v) is 10.7. The van der Waals surface area contributed by atoms with Crippen LogP contribution in [0.1, 0.15) is 44.6 Å². The SMILES string of the molecule is CCC[Si@H]1CC[C@H](c2ccc(-c3ccc(OCC)cc3)c(F)c2)CC1. The number of hydrogen-bond donors (Lipinski definition) is 0. The summed E-state index contributed by atoms with van der Waals surface area (Å²) < 4.78 is 20.2. The van der Waals surface area contributed by atoms with Crippen LogP contribution >= 0.6 is 0 Å². The molecule has 0 spiro atoms. The fraction of sp³-hybridized carbons (Fsp3) is 0.455. The van der Waals surface area contributed by atoms with Crippen molar-refractivity contribution in [3.05, 3.63) is 53.8 Å². The Labute approximate surface area is 152 Å². The molecule has 3 heteroatoms. The summed E-state index contributed by atoms with van der Waals surface area (Å²) in [7, 11) is -0.476. The van der Waals surface area contributed by atoms with Crippen LogP contribution in [0, 0.1) is 5.82 Å². The van der Waals surface area contributed by atoms with E-state index in [9.17, 15) is 4.39 Å². The lowest BCUT2D eigenvalue weighted by Crippen LogP contribution is -2.20. The molecule has 0 unspecified atom stereocenters. The molecule has 0 saturated carbocycles. The van der Waals surface area contributed by atoms with E-state index in [1.165, 1.54) is 43.0 Å². The van der Waals surface area contributed by atoms with E-state index in [4.69, 9.17) is 4.74 Å². The molecule has 3 rings (SSSR count). The third-order valence-electron chi connectivity index (χ3n) is 5.48. The van der Waals surface area contributed by atoms with Crippen LogP contribution in [0.25, 0.3) is 11.1 Å². The molecule has 0 bridgehead atoms. The van der Waals surface area contributed by atoms with Crippen LogP contribution in [0.2, 0.25) is 18.1 Å². The van der Waals surface area contributed by atoms with Gasteiger partial charge in [0.15, 0.2) is 0 Å². The van der Waals surface area contributed by atoms with Crippen molar-refractivity contribution in [1.82, 2.24) is 0 Å². The van der Waals surface area contributed by atoms with Gasteiger partial charge in [-0.25, -0.2) is 4.39 Å². The van der Waals surface area contributed by atoms with Gasteiger partial charge in [-0.2, -0.15) is 0 Å². The van der Waals surface area contributed by atoms with Gasteiger partial charge in [0.2, 0.25) is 0 Å². The highest BCUT2D eigenvalue weighted by Crippen LogP contribution is 2.36. The van der Waals surface area contributed by atoms with Gasteiger partial charge in [0, 0.05) is 14.4 Å². The second-order valence-electron chi connectivity index (χ2n) is 7.20. The van der Waals surface area contributed by atoms with E-state index in [1.807, 2.05) is 37.3 Å². The zero-order chi connectivity index (χ0) is 17.6. The van der Waals surface area contributed by atoms with Crippen molar-refractivity contribution in [2.45, 2.75) is 57.2 Å². The summed E-state index contributed by atoms with van der Waals surface area (Å²) >= 11 is 0. The highest BCUT2D eigenvalue weighted by atomic mass is 28.3. The Kier molecular flexibility index (Phi) is 6.30. The first kappa shape index (κ1) is 18.2. The Balaban J connectivity index is 1.71. The first-order chi connectivity index (χ1) is 12.2. The number of halogens is 1. The molecule has 0 aliphatic carbocycles. The van der Waals surface area contributed by atoms with Gasteiger partial charge in [-0.3, -0.25) is 0 Å². The van der Waals surface area contributed by atoms with Crippen molar-refractivity contribution >= 4 is 8.80 Å². The molecule has 1 fully saturated rings. The van der Waals surface area contributed by atoms with Crippen LogP contribution in [0.15, 0.2) is 42.5 Å². The molecule has 1 aliphatic rings. The van der Waals surface area contributed by atoms with Gasteiger partial charge in [-0.1, -0.05) is 55.7 Å². The van der Waals surface area contributed by atoms with Gasteiger partial charge in [0.1, 0.15) is 11.6 Å². The van der Waals surface area contributed by atoms with Crippen molar-refractivity contribution in [1.29, 1.82) is 0 Å². The molecule has 1 nitrogen and oxygen atoms in total. The minimum Gasteiger partial charge on any atom is -0.494 e. The standard InChI is InChI=1S/C22H29FOSi/c1-3-13-25-14-11-17(12-15-25)19-7-10-21(22(23)16-19)18-5-8-20(9-6-18)24-4-2/h5-10,16-17,25H,3-4,11-15H2,1-2H3/t17-,25-. The minimum absolute atomic E-state index is 0.102. The van der Waals surface area contributed by atoms with E-state index in [-0.39, 0.29) is 5.82 Å². The largest absolute Gasteiger partial charge is 0.494 e. The van der Waals surface area contributed by atoms with Gasteiger partial charge in [0.05, 0.1) is 6.61 Å². The first-order valence-electron chi connectivity index (χ1n) is 9.74. The minimum atomic E-state index is -0.476. The van der Waals surface area contributed by atoms with Crippen LogP contribution in [0.4, 0.5) is 4.39 Å². The molecular weight excluding hydrogens is 327 g/mol. The highest BCUT2D eigenvalue weighted by molar-refractivity contribution is 6.59. The Morgan fingerprint density at radius 2 is 1.76 bits per heavy atom. The summed E-state index contributed by atoms with van der Waals surface area (Å²) in [5.41, 5.74) is 2.78. The van der Waals surface area contributed by atoms with Crippen LogP contribution in [0.5, 0.6) is 5.75 Å². The summed E-state index contributed by atoms with van der Waals surface area (Å²) in [6.45, 7) is 4.91. The van der Waals surface area contributed by atoms with Gasteiger partial charge in [-0.05, 0) is 55.0 Å². The topological polar surface area (TPSA) is 9.23 Å². The fourth-order valence-corrected chi connectivity index (χ4v) is 7.54. The molecule has 2 aromatic rings. The lowest BCUT2D eigenvalue weighted by atomic mass is 9.91. The zero-order valence-electron chi connectivity index (χ0n) is 15.4. The molecule has 0 amide bonds. The molecule has 0 atom stereocenters. The van der Waals surface area contributed by atoms with E-state index in [0.717, 1.165) is 11.3 Å². The lowest BCUT2D eigenvalue weighted by Gasteiger charge is -2.28. The predicted molar refractivity (Wildman–Crippen MR) is 107 cm³/mol. The van der Waals surface area contributed by atoms with Gasteiger partial charge >= 0.3 is 0 Å². The van der Waals surface area contributed by atoms with Crippen molar-refractivity contribution < 1.29 is 9.13 Å². The maximum atomic E-state index is 14.7. The average Bonchev–Trinajstić information content (AvgIpc) is 2.64. The summed E-state index contributed by atoms with van der Waals surface area (Å²) in [4.78, 5) is 0. The third-order valence-corrected chi connectivity index (χ3v) is 9.18. The van der Waals surface area contributed by atoms with Gasteiger partial charge in [0.25, 0.3) is 0 Å². The van der Waals surface area contributed by atoms with E-state index >= 15 is 0 Å². The summed E-state index contributed by atoms with van der Waals surface area (Å²) in [5, 5.41) is 0. The molecule has 134 valence electrons. The zero-order valence-corrected chi connectivity index (χ0v) is 16.6. The summed E-state index contributed by atoms with van der Waals surface area (Å²) in [5.74, 6) is 1.29. The molecule has 1 aliphatic heterocycles. The molecule has 1 saturated heterocycles. The number of rotatable bonds is 6. The van der Waals surface area contributed by atoms with Crippen molar-refractivity contribution in [2.75, 3.05) is 6.61 Å². The smallest absolute Gasteiger partial charge is 0.131 e. The predicted octanol–water partition coefficient (Wildman–Crippen LogP) is 6.41. The second kappa shape index (κ2) is 8.66. The van der Waals surface area contributed by atoms with E-state index in [2.05, 4.69) is 13.0 Å². The number of hydrogen-bond acceptors (Lipinski definition) is 1. The Hall–Kier alpha value is -1.61. The van der Waals surface area contributed by atoms with Crippen LogP contribution < -0.4 is 4.74 Å². The Morgan fingerprint density at radius 1 is 1.04 bits per heavy atom. The van der Waals surface area contributed by atoms with Gasteiger partial charge < -0.3 is 4.74 Å². The van der Waals surface area contributed by atoms with Crippen LogP contribution in [0.3, 0.4) is 0 Å². The fourth-order valence-electron chi connectivity index (χ4n) is 4.11. The van der Waals surface area contributed by atoms with Crippen LogP contribution in [-0.4, -0.2) is 15.4 Å². The van der Waals surface area contributed by atoms with Crippen molar-refractivity contribution in [3.8, 4) is 16.9 Å². The monoisotopic (exact) mass is 356 g/mol. The molecule has 25 heavy (non-hydrogen) atoms. The van der Waals surface area contributed by atoms with Crippen molar-refractivity contribution in [2.24, 2.45) is 0 Å². The average molecular weight is 357 g/mol. The summed E-state index contributed by atoms with van der Waals surface area (Å²) in [6.07, 6.45) is 3.87. The van der Waals surface area contributed by atoms with Crippen LogP contribution in [-0.2, 0) is 0 Å².